The van der Waals surface area contributed by atoms with E-state index in [9.17, 15) is 9.13 Å². The first-order valence-corrected chi connectivity index (χ1v) is 7.82. The van der Waals surface area contributed by atoms with Gasteiger partial charge >= 0.3 is 36.7 Å². The Labute approximate surface area is 130 Å². The van der Waals surface area contributed by atoms with Crippen molar-refractivity contribution < 1.29 is 65.0 Å². The standard InChI is InChI=1S/C6H12N2.H4O7P2.2H2O.Pt/c7-5-3-1-2-4-6(5)8;1-8(2,3)7-9(4,5)6;;;/h5-8H,1-4H2;(H2,1,2,3)(H2,4,5,6);2*1H2;/q-2;;;;+2/t5-,6-;;;;/m0..../s1. The molecule has 1 rings (SSSR count). The van der Waals surface area contributed by atoms with E-state index in [1.165, 1.54) is 12.8 Å². The third-order valence-corrected chi connectivity index (χ3v) is 3.68. The minimum atomic E-state index is -5.05. The van der Waals surface area contributed by atoms with Crippen LogP contribution in [0, 0.1) is 0 Å². The van der Waals surface area contributed by atoms with Crippen molar-refractivity contribution in [2.24, 2.45) is 0 Å². The van der Waals surface area contributed by atoms with Gasteiger partial charge in [-0.05, 0) is 0 Å². The van der Waals surface area contributed by atoms with E-state index in [1.54, 1.807) is 0 Å². The van der Waals surface area contributed by atoms with Gasteiger partial charge in [-0.25, -0.2) is 9.13 Å². The Bertz CT molecular complexity index is 292. The predicted octanol–water partition coefficient (Wildman–Crippen LogP) is -0.0615. The number of phosphoric acid groups is 2. The van der Waals surface area contributed by atoms with Crippen LogP contribution in [0.15, 0.2) is 0 Å². The molecule has 11 nitrogen and oxygen atoms in total. The molecule has 10 N–H and O–H groups in total. The molecule has 0 saturated heterocycles. The predicted molar refractivity (Wildman–Crippen MR) is 67.1 cm³/mol. The van der Waals surface area contributed by atoms with E-state index in [1.807, 2.05) is 0 Å². The average molecular weight is 521 g/mol. The summed E-state index contributed by atoms with van der Waals surface area (Å²) in [6.45, 7) is 0. The van der Waals surface area contributed by atoms with Crippen LogP contribution in [0.4, 0.5) is 0 Å². The van der Waals surface area contributed by atoms with Crippen molar-refractivity contribution in [3.63, 3.8) is 0 Å². The molecule has 0 aromatic heterocycles. The van der Waals surface area contributed by atoms with Crippen molar-refractivity contribution in [3.8, 4) is 0 Å². The molecule has 20 heavy (non-hydrogen) atoms. The quantitative estimate of drug-likeness (QED) is 0.361. The van der Waals surface area contributed by atoms with Crippen molar-refractivity contribution in [2.75, 3.05) is 0 Å². The van der Waals surface area contributed by atoms with Gasteiger partial charge in [0.2, 0.25) is 0 Å². The largest absolute Gasteiger partial charge is 2.00 e. The molecule has 0 unspecified atom stereocenters. The third kappa shape index (κ3) is 18.8. The monoisotopic (exact) mass is 521 g/mol. The van der Waals surface area contributed by atoms with E-state index in [0.29, 0.717) is 0 Å². The van der Waals surface area contributed by atoms with Crippen LogP contribution in [-0.4, -0.2) is 42.6 Å². The molecular formula is C6H20N2O9P2Pt. The van der Waals surface area contributed by atoms with Gasteiger partial charge in [0.05, 0.1) is 0 Å². The summed E-state index contributed by atoms with van der Waals surface area (Å²) < 4.78 is 22.2. The Morgan fingerprint density at radius 3 is 1.20 bits per heavy atom. The second-order valence-electron chi connectivity index (χ2n) is 3.56. The molecule has 0 aromatic rings. The van der Waals surface area contributed by atoms with Crippen molar-refractivity contribution >= 4 is 15.6 Å². The van der Waals surface area contributed by atoms with Crippen molar-refractivity contribution in [3.05, 3.63) is 11.5 Å². The van der Waals surface area contributed by atoms with Gasteiger partial charge in [0.15, 0.2) is 0 Å². The summed E-state index contributed by atoms with van der Waals surface area (Å²) in [5.41, 5.74) is 14.6. The first-order chi connectivity index (χ1) is 7.51. The molecule has 0 aliphatic heterocycles. The second kappa shape index (κ2) is 12.3. The van der Waals surface area contributed by atoms with Crippen molar-refractivity contribution in [1.29, 1.82) is 0 Å². The van der Waals surface area contributed by atoms with Crippen LogP contribution in [0.25, 0.3) is 11.5 Å². The Morgan fingerprint density at radius 1 is 0.850 bits per heavy atom. The molecule has 128 valence electrons. The SMILES string of the molecule is O.O.O=P(O)(O)OP(=O)(O)O.[NH-][C@H]1CCCC[C@@H]1[NH-].[Pt+2]. The van der Waals surface area contributed by atoms with Gasteiger partial charge in [-0.15, -0.1) is 0 Å². The van der Waals surface area contributed by atoms with E-state index < -0.39 is 15.6 Å². The summed E-state index contributed by atoms with van der Waals surface area (Å²) in [6.07, 6.45) is 4.25. The molecule has 1 aliphatic carbocycles. The number of nitrogens with one attached hydrogen (secondary N) is 2. The zero-order valence-corrected chi connectivity index (χ0v) is 14.3. The molecular weight excluding hydrogens is 501 g/mol. The Hall–Kier alpha value is 0.788. The maximum atomic E-state index is 9.63. The summed E-state index contributed by atoms with van der Waals surface area (Å²) in [6, 6.07) is -0.160. The molecule has 1 aliphatic rings. The van der Waals surface area contributed by atoms with Gasteiger partial charge in [-0.3, -0.25) is 0 Å². The fraction of sp³-hybridized carbons (Fsp3) is 1.00. The van der Waals surface area contributed by atoms with Crippen LogP contribution in [0.5, 0.6) is 0 Å². The molecule has 2 atom stereocenters. The smallest absolute Gasteiger partial charge is 0.676 e. The molecule has 0 spiro atoms. The fourth-order valence-corrected chi connectivity index (χ4v) is 2.38. The molecule has 0 aromatic carbocycles. The first-order valence-electron chi connectivity index (χ1n) is 4.76. The maximum Gasteiger partial charge on any atom is 2.00 e. The van der Waals surface area contributed by atoms with Crippen LogP contribution < -0.4 is 0 Å². The van der Waals surface area contributed by atoms with Crippen molar-refractivity contribution in [2.45, 2.75) is 37.8 Å². The van der Waals surface area contributed by atoms with Crippen LogP contribution >= 0.6 is 15.6 Å². The first kappa shape index (κ1) is 28.9. The van der Waals surface area contributed by atoms with E-state index >= 15 is 0 Å². The zero-order chi connectivity index (χ0) is 13.7. The minimum absolute atomic E-state index is 0. The van der Waals surface area contributed by atoms with Gasteiger partial charge in [0.1, 0.15) is 0 Å². The van der Waals surface area contributed by atoms with Gasteiger partial charge in [0, 0.05) is 0 Å². The van der Waals surface area contributed by atoms with Gasteiger partial charge in [0.25, 0.3) is 0 Å². The van der Waals surface area contributed by atoms with Gasteiger partial charge in [-0.2, -0.15) is 16.4 Å². The Balaban J connectivity index is -0.000000112. The van der Waals surface area contributed by atoms with E-state index in [0.717, 1.165) is 12.8 Å². The molecule has 0 bridgehead atoms. The third-order valence-electron chi connectivity index (χ3n) is 1.98. The molecule has 1 saturated carbocycles. The van der Waals surface area contributed by atoms with Crippen LogP contribution in [0.2, 0.25) is 0 Å². The van der Waals surface area contributed by atoms with Gasteiger partial charge < -0.3 is 42.0 Å². The van der Waals surface area contributed by atoms with E-state index in [-0.39, 0.29) is 44.1 Å². The molecule has 14 heteroatoms. The summed E-state index contributed by atoms with van der Waals surface area (Å²) in [7, 11) is -10.1. The zero-order valence-electron chi connectivity index (χ0n) is 10.2. The topological polar surface area (TPSA) is 235 Å². The summed E-state index contributed by atoms with van der Waals surface area (Å²) in [5.74, 6) is 0. The molecule has 0 radical (unpaired) electrons. The summed E-state index contributed by atoms with van der Waals surface area (Å²) in [5, 5.41) is 0. The normalized spacial score (nSPS) is 22.1. The number of hydrogen-bond donors (Lipinski definition) is 4. The van der Waals surface area contributed by atoms with Crippen LogP contribution in [0.3, 0.4) is 0 Å². The summed E-state index contributed by atoms with van der Waals surface area (Å²) >= 11 is 0. The average Bonchev–Trinajstić information content (AvgIpc) is 2.04. The number of rotatable bonds is 2. The fourth-order valence-electron chi connectivity index (χ4n) is 1.27. The number of hydrogen-bond acceptors (Lipinski definition) is 3. The van der Waals surface area contributed by atoms with E-state index in [2.05, 4.69) is 4.31 Å². The van der Waals surface area contributed by atoms with Gasteiger partial charge in [-0.1, -0.05) is 25.7 Å². The van der Waals surface area contributed by atoms with Crippen molar-refractivity contribution in [1.82, 2.24) is 0 Å². The maximum absolute atomic E-state index is 9.63. The minimum Gasteiger partial charge on any atom is -0.676 e. The second-order valence-corrected chi connectivity index (χ2v) is 6.18. The van der Waals surface area contributed by atoms with E-state index in [4.69, 9.17) is 31.0 Å². The Morgan fingerprint density at radius 2 is 1.10 bits per heavy atom. The summed E-state index contributed by atoms with van der Waals surface area (Å²) in [4.78, 5) is 31.0. The molecule has 0 amide bonds. The van der Waals surface area contributed by atoms with Crippen LogP contribution in [0.1, 0.15) is 25.7 Å². The molecule has 1 fully saturated rings. The molecule has 0 heterocycles. The van der Waals surface area contributed by atoms with Crippen LogP contribution in [-0.2, 0) is 34.5 Å². The Kier molecular flexibility index (Phi) is 17.8.